The van der Waals surface area contributed by atoms with Crippen LogP contribution in [-0.2, 0) is 16.0 Å². The Morgan fingerprint density at radius 1 is 1.41 bits per heavy atom. The molecule has 0 aliphatic carbocycles. The standard InChI is InChI=1S/C13H17NO3/c1-9-6-10(2)11(12(7-9)17-3)4-5-14-13(16)8-15/h6-8H,4-5H2,1-3H3,(H,14,16). The van der Waals surface area contributed by atoms with Crippen LogP contribution in [0.15, 0.2) is 12.1 Å². The van der Waals surface area contributed by atoms with E-state index >= 15 is 0 Å². The summed E-state index contributed by atoms with van der Waals surface area (Å²) in [5.74, 6) is 0.233. The molecule has 92 valence electrons. The fraction of sp³-hybridized carbons (Fsp3) is 0.385. The average Bonchev–Trinajstić information content (AvgIpc) is 2.30. The molecule has 0 spiro atoms. The SMILES string of the molecule is COc1cc(C)cc(C)c1CCNC(=O)C=O. The van der Waals surface area contributed by atoms with Gasteiger partial charge in [-0.1, -0.05) is 6.07 Å². The quantitative estimate of drug-likeness (QED) is 0.615. The van der Waals surface area contributed by atoms with Crippen LogP contribution in [0.3, 0.4) is 0 Å². The molecule has 1 N–H and O–H groups in total. The second kappa shape index (κ2) is 6.03. The van der Waals surface area contributed by atoms with Crippen LogP contribution in [0.4, 0.5) is 0 Å². The van der Waals surface area contributed by atoms with Crippen LogP contribution in [0.2, 0.25) is 0 Å². The number of nitrogens with one attached hydrogen (secondary N) is 1. The zero-order valence-corrected chi connectivity index (χ0v) is 10.4. The van der Waals surface area contributed by atoms with Crippen LogP contribution >= 0.6 is 0 Å². The summed E-state index contributed by atoms with van der Waals surface area (Å²) < 4.78 is 5.31. The number of aldehydes is 1. The molecular weight excluding hydrogens is 218 g/mol. The maximum atomic E-state index is 10.8. The minimum Gasteiger partial charge on any atom is -0.496 e. The van der Waals surface area contributed by atoms with Gasteiger partial charge in [-0.25, -0.2) is 0 Å². The summed E-state index contributed by atoms with van der Waals surface area (Å²) in [5, 5.41) is 2.51. The van der Waals surface area contributed by atoms with Crippen LogP contribution < -0.4 is 10.1 Å². The molecule has 1 aromatic carbocycles. The van der Waals surface area contributed by atoms with Gasteiger partial charge in [-0.3, -0.25) is 9.59 Å². The Labute approximate surface area is 101 Å². The molecule has 0 fully saturated rings. The summed E-state index contributed by atoms with van der Waals surface area (Å²) in [6, 6.07) is 4.03. The maximum Gasteiger partial charge on any atom is 0.284 e. The van der Waals surface area contributed by atoms with Crippen molar-refractivity contribution in [2.24, 2.45) is 0 Å². The summed E-state index contributed by atoms with van der Waals surface area (Å²) in [5.41, 5.74) is 3.33. The Morgan fingerprint density at radius 2 is 2.12 bits per heavy atom. The lowest BCUT2D eigenvalue weighted by atomic mass is 10.0. The third-order valence-electron chi connectivity index (χ3n) is 2.58. The first-order valence-electron chi connectivity index (χ1n) is 5.45. The van der Waals surface area contributed by atoms with E-state index in [0.717, 1.165) is 22.4 Å². The molecule has 0 atom stereocenters. The van der Waals surface area contributed by atoms with Crippen LogP contribution in [0.5, 0.6) is 5.75 Å². The Morgan fingerprint density at radius 3 is 2.71 bits per heavy atom. The number of amides is 1. The van der Waals surface area contributed by atoms with Gasteiger partial charge in [0.05, 0.1) is 7.11 Å². The van der Waals surface area contributed by atoms with Crippen molar-refractivity contribution < 1.29 is 14.3 Å². The van der Waals surface area contributed by atoms with Gasteiger partial charge in [-0.2, -0.15) is 0 Å². The lowest BCUT2D eigenvalue weighted by Crippen LogP contribution is -2.26. The first kappa shape index (κ1) is 13.2. The number of carbonyl (C=O) groups is 2. The third kappa shape index (κ3) is 3.59. The maximum absolute atomic E-state index is 10.8. The van der Waals surface area contributed by atoms with Crippen LogP contribution in [0, 0.1) is 13.8 Å². The summed E-state index contributed by atoms with van der Waals surface area (Å²) in [6.45, 7) is 4.44. The Bertz CT molecular complexity index is 427. The van der Waals surface area contributed by atoms with Gasteiger partial charge in [0.15, 0.2) is 0 Å². The highest BCUT2D eigenvalue weighted by Gasteiger charge is 2.08. The minimum atomic E-state index is -0.589. The Balaban J connectivity index is 2.76. The predicted molar refractivity (Wildman–Crippen MR) is 65.2 cm³/mol. The second-order valence-corrected chi connectivity index (χ2v) is 3.92. The van der Waals surface area contributed by atoms with E-state index in [1.807, 2.05) is 19.9 Å². The molecule has 0 heterocycles. The number of rotatable bonds is 5. The number of aryl methyl sites for hydroxylation is 2. The number of ether oxygens (including phenoxy) is 1. The molecule has 17 heavy (non-hydrogen) atoms. The molecule has 1 amide bonds. The van der Waals surface area contributed by atoms with Gasteiger partial charge < -0.3 is 10.1 Å². The number of hydrogen-bond donors (Lipinski definition) is 1. The molecular formula is C13H17NO3. The lowest BCUT2D eigenvalue weighted by Gasteiger charge is -2.13. The zero-order valence-electron chi connectivity index (χ0n) is 10.4. The van der Waals surface area contributed by atoms with Crippen molar-refractivity contribution >= 4 is 12.2 Å². The van der Waals surface area contributed by atoms with Crippen molar-refractivity contribution in [3.05, 3.63) is 28.8 Å². The molecule has 0 saturated heterocycles. The van der Waals surface area contributed by atoms with Crippen LogP contribution in [-0.4, -0.2) is 25.8 Å². The minimum absolute atomic E-state index is 0.277. The highest BCUT2D eigenvalue weighted by Crippen LogP contribution is 2.24. The largest absolute Gasteiger partial charge is 0.496 e. The van der Waals surface area contributed by atoms with Crippen molar-refractivity contribution in [1.82, 2.24) is 5.32 Å². The predicted octanol–water partition coefficient (Wildman–Crippen LogP) is 1.17. The summed E-state index contributed by atoms with van der Waals surface area (Å²) in [4.78, 5) is 20.9. The van der Waals surface area contributed by atoms with E-state index in [1.54, 1.807) is 7.11 Å². The summed E-state index contributed by atoms with van der Waals surface area (Å²) in [6.07, 6.45) is 0.925. The number of methoxy groups -OCH3 is 1. The molecule has 0 aliphatic heterocycles. The molecule has 0 radical (unpaired) electrons. The van der Waals surface area contributed by atoms with Crippen molar-refractivity contribution in [2.45, 2.75) is 20.3 Å². The fourth-order valence-electron chi connectivity index (χ4n) is 1.81. The van der Waals surface area contributed by atoms with Crippen molar-refractivity contribution in [3.8, 4) is 5.75 Å². The van der Waals surface area contributed by atoms with Crippen molar-refractivity contribution in [1.29, 1.82) is 0 Å². The fourth-order valence-corrected chi connectivity index (χ4v) is 1.81. The first-order valence-corrected chi connectivity index (χ1v) is 5.45. The van der Waals surface area contributed by atoms with E-state index in [4.69, 9.17) is 4.74 Å². The molecule has 1 rings (SSSR count). The van der Waals surface area contributed by atoms with Gasteiger partial charge in [0, 0.05) is 6.54 Å². The van der Waals surface area contributed by atoms with Gasteiger partial charge in [0.25, 0.3) is 5.91 Å². The van der Waals surface area contributed by atoms with E-state index in [1.165, 1.54) is 0 Å². The molecule has 4 heteroatoms. The van der Waals surface area contributed by atoms with E-state index in [0.29, 0.717) is 13.0 Å². The van der Waals surface area contributed by atoms with Crippen LogP contribution in [0.25, 0.3) is 0 Å². The molecule has 0 aromatic heterocycles. The smallest absolute Gasteiger partial charge is 0.284 e. The normalized spacial score (nSPS) is 9.82. The number of hydrogen-bond acceptors (Lipinski definition) is 3. The highest BCUT2D eigenvalue weighted by atomic mass is 16.5. The molecule has 0 bridgehead atoms. The summed E-state index contributed by atoms with van der Waals surface area (Å²) >= 11 is 0. The van der Waals surface area contributed by atoms with Gasteiger partial charge in [-0.05, 0) is 43.0 Å². The monoisotopic (exact) mass is 235 g/mol. The Kier molecular flexibility index (Phi) is 4.69. The van der Waals surface area contributed by atoms with E-state index < -0.39 is 5.91 Å². The van der Waals surface area contributed by atoms with E-state index in [2.05, 4.69) is 11.4 Å². The zero-order chi connectivity index (χ0) is 12.8. The Hall–Kier alpha value is -1.84. The third-order valence-corrected chi connectivity index (χ3v) is 2.58. The van der Waals surface area contributed by atoms with Gasteiger partial charge in [0.2, 0.25) is 6.29 Å². The van der Waals surface area contributed by atoms with E-state index in [9.17, 15) is 9.59 Å². The second-order valence-electron chi connectivity index (χ2n) is 3.92. The molecule has 1 aromatic rings. The topological polar surface area (TPSA) is 55.4 Å². The van der Waals surface area contributed by atoms with Gasteiger partial charge in [0.1, 0.15) is 5.75 Å². The highest BCUT2D eigenvalue weighted by molar-refractivity contribution is 6.23. The van der Waals surface area contributed by atoms with Gasteiger partial charge >= 0.3 is 0 Å². The van der Waals surface area contributed by atoms with Crippen LogP contribution in [0.1, 0.15) is 16.7 Å². The molecule has 0 unspecified atom stereocenters. The average molecular weight is 235 g/mol. The van der Waals surface area contributed by atoms with E-state index in [-0.39, 0.29) is 6.29 Å². The van der Waals surface area contributed by atoms with Crippen molar-refractivity contribution in [2.75, 3.05) is 13.7 Å². The summed E-state index contributed by atoms with van der Waals surface area (Å²) in [7, 11) is 1.63. The lowest BCUT2D eigenvalue weighted by molar-refractivity contribution is -0.131. The van der Waals surface area contributed by atoms with Crippen molar-refractivity contribution in [3.63, 3.8) is 0 Å². The molecule has 4 nitrogen and oxygen atoms in total. The number of benzene rings is 1. The first-order chi connectivity index (χ1) is 8.08. The number of carbonyl (C=O) groups excluding carboxylic acids is 2. The molecule has 0 aliphatic rings. The van der Waals surface area contributed by atoms with Gasteiger partial charge in [-0.15, -0.1) is 0 Å². The molecule has 0 saturated carbocycles.